The van der Waals surface area contributed by atoms with E-state index in [0.29, 0.717) is 6.04 Å². The van der Waals surface area contributed by atoms with Gasteiger partial charge in [0.25, 0.3) is 0 Å². The van der Waals surface area contributed by atoms with E-state index >= 15 is 0 Å². The summed E-state index contributed by atoms with van der Waals surface area (Å²) in [4.78, 5) is 5.10. The normalized spacial score (nSPS) is 23.9. The molecule has 1 unspecified atom stereocenters. The Labute approximate surface area is 123 Å². The molecule has 1 atom stereocenters. The quantitative estimate of drug-likeness (QED) is 0.894. The summed E-state index contributed by atoms with van der Waals surface area (Å²) in [7, 11) is 2.25. The van der Waals surface area contributed by atoms with Crippen molar-refractivity contribution in [3.63, 3.8) is 0 Å². The lowest BCUT2D eigenvalue weighted by Gasteiger charge is -2.33. The molecule has 1 fully saturated rings. The molecule has 1 saturated heterocycles. The number of likely N-dealkylation sites (N-methyl/N-ethyl adjacent to an activating group) is 1. The van der Waals surface area contributed by atoms with Gasteiger partial charge in [0.15, 0.2) is 0 Å². The van der Waals surface area contributed by atoms with Crippen LogP contribution in [0.15, 0.2) is 18.2 Å². The van der Waals surface area contributed by atoms with Crippen LogP contribution in [0, 0.1) is 0 Å². The fourth-order valence-electron chi connectivity index (χ4n) is 3.56. The maximum Gasteiger partial charge on any atom is 0.0414 e. The number of benzene rings is 1. The minimum atomic E-state index is 0.643. The van der Waals surface area contributed by atoms with Crippen LogP contribution in [0.5, 0.6) is 0 Å². The SMILES string of the molecule is CCC1CN(C)CCCN1c1ccc2c(c1)NCCC2. The van der Waals surface area contributed by atoms with Crippen LogP contribution in [-0.2, 0) is 6.42 Å². The second-order valence-corrected chi connectivity index (χ2v) is 6.24. The largest absolute Gasteiger partial charge is 0.385 e. The van der Waals surface area contributed by atoms with Crippen LogP contribution in [0.1, 0.15) is 31.7 Å². The zero-order valence-corrected chi connectivity index (χ0v) is 12.9. The van der Waals surface area contributed by atoms with Gasteiger partial charge in [0.2, 0.25) is 0 Å². The number of rotatable bonds is 2. The molecule has 2 heterocycles. The Morgan fingerprint density at radius 1 is 1.25 bits per heavy atom. The van der Waals surface area contributed by atoms with E-state index in [1.165, 1.54) is 62.3 Å². The number of aryl methyl sites for hydroxylation is 1. The van der Waals surface area contributed by atoms with Crippen molar-refractivity contribution in [1.82, 2.24) is 4.90 Å². The molecule has 3 heteroatoms. The first-order valence-electron chi connectivity index (χ1n) is 8.10. The lowest BCUT2D eigenvalue weighted by molar-refractivity contribution is 0.328. The van der Waals surface area contributed by atoms with Crippen molar-refractivity contribution in [2.75, 3.05) is 43.4 Å². The van der Waals surface area contributed by atoms with E-state index in [0.717, 1.165) is 6.54 Å². The highest BCUT2D eigenvalue weighted by atomic mass is 15.2. The molecule has 0 spiro atoms. The topological polar surface area (TPSA) is 18.5 Å². The summed E-state index contributed by atoms with van der Waals surface area (Å²) >= 11 is 0. The summed E-state index contributed by atoms with van der Waals surface area (Å²) in [5, 5.41) is 3.56. The maximum absolute atomic E-state index is 3.56. The third-order valence-corrected chi connectivity index (χ3v) is 4.74. The van der Waals surface area contributed by atoms with Crippen LogP contribution in [-0.4, -0.2) is 44.2 Å². The Hall–Kier alpha value is -1.22. The second-order valence-electron chi connectivity index (χ2n) is 6.24. The van der Waals surface area contributed by atoms with Gasteiger partial charge in [0.1, 0.15) is 0 Å². The van der Waals surface area contributed by atoms with Crippen LogP contribution in [0.2, 0.25) is 0 Å². The molecular weight excluding hydrogens is 246 g/mol. The molecule has 1 aromatic rings. The zero-order valence-electron chi connectivity index (χ0n) is 12.9. The van der Waals surface area contributed by atoms with Gasteiger partial charge in [0.05, 0.1) is 0 Å². The molecule has 0 aromatic heterocycles. The van der Waals surface area contributed by atoms with Crippen molar-refractivity contribution < 1.29 is 0 Å². The van der Waals surface area contributed by atoms with E-state index in [1.54, 1.807) is 0 Å². The first-order valence-corrected chi connectivity index (χ1v) is 8.10. The summed E-state index contributed by atoms with van der Waals surface area (Å²) in [6.07, 6.45) is 4.97. The lowest BCUT2D eigenvalue weighted by atomic mass is 10.0. The molecule has 2 aliphatic rings. The van der Waals surface area contributed by atoms with Crippen molar-refractivity contribution in [1.29, 1.82) is 0 Å². The Bertz CT molecular complexity index is 458. The molecule has 3 nitrogen and oxygen atoms in total. The minimum absolute atomic E-state index is 0.643. The van der Waals surface area contributed by atoms with Crippen LogP contribution in [0.4, 0.5) is 11.4 Å². The van der Waals surface area contributed by atoms with Gasteiger partial charge in [-0.3, -0.25) is 0 Å². The molecule has 0 aliphatic carbocycles. The summed E-state index contributed by atoms with van der Waals surface area (Å²) < 4.78 is 0. The number of hydrogen-bond acceptors (Lipinski definition) is 3. The number of nitrogens with zero attached hydrogens (tertiary/aromatic N) is 2. The summed E-state index contributed by atoms with van der Waals surface area (Å²) in [6.45, 7) is 7.02. The molecule has 1 N–H and O–H groups in total. The van der Waals surface area contributed by atoms with Gasteiger partial charge in [-0.05, 0) is 57.0 Å². The Morgan fingerprint density at radius 2 is 2.15 bits per heavy atom. The zero-order chi connectivity index (χ0) is 13.9. The lowest BCUT2D eigenvalue weighted by Crippen LogP contribution is -2.39. The Kier molecular flexibility index (Phi) is 4.16. The first-order chi connectivity index (χ1) is 9.78. The van der Waals surface area contributed by atoms with Gasteiger partial charge >= 0.3 is 0 Å². The van der Waals surface area contributed by atoms with Gasteiger partial charge in [-0.1, -0.05) is 13.0 Å². The smallest absolute Gasteiger partial charge is 0.0414 e. The molecule has 110 valence electrons. The molecule has 2 aliphatic heterocycles. The van der Waals surface area contributed by atoms with Gasteiger partial charge in [-0.15, -0.1) is 0 Å². The van der Waals surface area contributed by atoms with Crippen molar-refractivity contribution in [2.45, 2.75) is 38.6 Å². The summed E-state index contributed by atoms with van der Waals surface area (Å²) in [6, 6.07) is 7.68. The van der Waals surface area contributed by atoms with E-state index < -0.39 is 0 Å². The summed E-state index contributed by atoms with van der Waals surface area (Å²) in [5.41, 5.74) is 4.25. The van der Waals surface area contributed by atoms with E-state index in [9.17, 15) is 0 Å². The fourth-order valence-corrected chi connectivity index (χ4v) is 3.56. The highest BCUT2D eigenvalue weighted by Gasteiger charge is 2.23. The minimum Gasteiger partial charge on any atom is -0.385 e. The highest BCUT2D eigenvalue weighted by molar-refractivity contribution is 5.63. The number of hydrogen-bond donors (Lipinski definition) is 1. The van der Waals surface area contributed by atoms with Gasteiger partial charge in [0, 0.05) is 37.1 Å². The standard InChI is InChI=1S/C17H27N3/c1-3-15-13-19(2)10-5-11-20(15)16-8-7-14-6-4-9-18-17(14)12-16/h7-8,12,15,18H,3-6,9-11,13H2,1-2H3. The molecular formula is C17H27N3. The highest BCUT2D eigenvalue weighted by Crippen LogP contribution is 2.29. The summed E-state index contributed by atoms with van der Waals surface area (Å²) in [5.74, 6) is 0. The first kappa shape index (κ1) is 13.7. The molecule has 3 rings (SSSR count). The van der Waals surface area contributed by atoms with Gasteiger partial charge in [-0.25, -0.2) is 0 Å². The van der Waals surface area contributed by atoms with E-state index in [-0.39, 0.29) is 0 Å². The second kappa shape index (κ2) is 6.04. The van der Waals surface area contributed by atoms with Crippen molar-refractivity contribution in [3.8, 4) is 0 Å². The number of fused-ring (bicyclic) bond motifs is 1. The monoisotopic (exact) mass is 273 g/mol. The van der Waals surface area contributed by atoms with E-state index in [4.69, 9.17) is 0 Å². The number of anilines is 2. The Morgan fingerprint density at radius 3 is 3.00 bits per heavy atom. The van der Waals surface area contributed by atoms with Crippen molar-refractivity contribution in [3.05, 3.63) is 23.8 Å². The average Bonchev–Trinajstić information content (AvgIpc) is 2.68. The molecule has 0 amide bonds. The molecule has 0 radical (unpaired) electrons. The van der Waals surface area contributed by atoms with E-state index in [1.807, 2.05) is 0 Å². The third-order valence-electron chi connectivity index (χ3n) is 4.74. The average molecular weight is 273 g/mol. The van der Waals surface area contributed by atoms with Crippen LogP contribution < -0.4 is 10.2 Å². The van der Waals surface area contributed by atoms with E-state index in [2.05, 4.69) is 47.3 Å². The van der Waals surface area contributed by atoms with Crippen molar-refractivity contribution in [2.24, 2.45) is 0 Å². The number of nitrogens with one attached hydrogen (secondary N) is 1. The van der Waals surface area contributed by atoms with Crippen molar-refractivity contribution >= 4 is 11.4 Å². The van der Waals surface area contributed by atoms with Gasteiger partial charge in [-0.2, -0.15) is 0 Å². The predicted octanol–water partition coefficient (Wildman–Crippen LogP) is 2.97. The maximum atomic E-state index is 3.56. The third kappa shape index (κ3) is 2.78. The van der Waals surface area contributed by atoms with Crippen LogP contribution >= 0.6 is 0 Å². The molecule has 20 heavy (non-hydrogen) atoms. The molecule has 0 bridgehead atoms. The molecule has 0 saturated carbocycles. The van der Waals surface area contributed by atoms with Crippen LogP contribution in [0.3, 0.4) is 0 Å². The Balaban J connectivity index is 1.86. The van der Waals surface area contributed by atoms with Crippen LogP contribution in [0.25, 0.3) is 0 Å². The van der Waals surface area contributed by atoms with Gasteiger partial charge < -0.3 is 15.1 Å². The molecule has 1 aromatic carbocycles. The fraction of sp³-hybridized carbons (Fsp3) is 0.647. The predicted molar refractivity (Wildman–Crippen MR) is 86.8 cm³/mol.